The summed E-state index contributed by atoms with van der Waals surface area (Å²) in [7, 11) is 0. The summed E-state index contributed by atoms with van der Waals surface area (Å²) in [5.74, 6) is 0.379. The molecule has 1 amide bonds. The molecule has 1 unspecified atom stereocenters. The molecule has 5 heteroatoms. The number of pyridine rings is 1. The van der Waals surface area contributed by atoms with Crippen LogP contribution in [0.3, 0.4) is 0 Å². The molecule has 0 aromatic carbocycles. The third kappa shape index (κ3) is 3.42. The SMILES string of the molecule is Cc1ccc(C(N)=O)c(NC(CN)C(C)C)n1. The highest BCUT2D eigenvalue weighted by molar-refractivity contribution is 5.97. The lowest BCUT2D eigenvalue weighted by Crippen LogP contribution is -2.35. The zero-order valence-corrected chi connectivity index (χ0v) is 10.5. The first-order valence-electron chi connectivity index (χ1n) is 5.69. The monoisotopic (exact) mass is 236 g/mol. The van der Waals surface area contributed by atoms with E-state index in [1.807, 2.05) is 6.92 Å². The number of hydrogen-bond donors (Lipinski definition) is 3. The molecule has 0 aliphatic carbocycles. The van der Waals surface area contributed by atoms with E-state index in [0.717, 1.165) is 5.69 Å². The van der Waals surface area contributed by atoms with Crippen molar-refractivity contribution in [3.63, 3.8) is 0 Å². The average Bonchev–Trinajstić information content (AvgIpc) is 2.25. The molecule has 1 atom stereocenters. The van der Waals surface area contributed by atoms with E-state index < -0.39 is 5.91 Å². The lowest BCUT2D eigenvalue weighted by molar-refractivity contribution is 0.100. The molecule has 0 saturated heterocycles. The van der Waals surface area contributed by atoms with Crippen molar-refractivity contribution in [3.8, 4) is 0 Å². The van der Waals surface area contributed by atoms with Crippen LogP contribution in [-0.4, -0.2) is 23.5 Å². The molecule has 1 rings (SSSR count). The lowest BCUT2D eigenvalue weighted by Gasteiger charge is -2.22. The van der Waals surface area contributed by atoms with Gasteiger partial charge in [-0.1, -0.05) is 13.8 Å². The summed E-state index contributed by atoms with van der Waals surface area (Å²) in [6.45, 7) is 6.46. The summed E-state index contributed by atoms with van der Waals surface area (Å²) in [5, 5.41) is 3.18. The Morgan fingerprint density at radius 3 is 2.59 bits per heavy atom. The predicted molar refractivity (Wildman–Crippen MR) is 68.8 cm³/mol. The molecule has 0 aliphatic heterocycles. The maximum Gasteiger partial charge on any atom is 0.252 e. The second-order valence-corrected chi connectivity index (χ2v) is 4.44. The summed E-state index contributed by atoms with van der Waals surface area (Å²) in [5.41, 5.74) is 12.2. The van der Waals surface area contributed by atoms with Crippen LogP contribution in [0.1, 0.15) is 29.9 Å². The number of carbonyl (C=O) groups excluding carboxylic acids is 1. The Morgan fingerprint density at radius 2 is 2.12 bits per heavy atom. The van der Waals surface area contributed by atoms with Gasteiger partial charge in [0.25, 0.3) is 5.91 Å². The predicted octanol–water partition coefficient (Wildman–Crippen LogP) is 0.884. The minimum absolute atomic E-state index is 0.0717. The van der Waals surface area contributed by atoms with Crippen LogP contribution in [0.5, 0.6) is 0 Å². The van der Waals surface area contributed by atoms with Gasteiger partial charge in [-0.2, -0.15) is 0 Å². The number of nitrogens with two attached hydrogens (primary N) is 2. The van der Waals surface area contributed by atoms with E-state index in [4.69, 9.17) is 11.5 Å². The van der Waals surface area contributed by atoms with Crippen LogP contribution in [0, 0.1) is 12.8 Å². The summed E-state index contributed by atoms with van der Waals surface area (Å²) >= 11 is 0. The Morgan fingerprint density at radius 1 is 1.47 bits per heavy atom. The molecule has 1 aromatic heterocycles. The summed E-state index contributed by atoms with van der Waals surface area (Å²) < 4.78 is 0. The van der Waals surface area contributed by atoms with Gasteiger partial charge in [0.15, 0.2) is 0 Å². The zero-order chi connectivity index (χ0) is 13.0. The first-order chi connectivity index (χ1) is 7.95. The van der Waals surface area contributed by atoms with Gasteiger partial charge in [0.2, 0.25) is 0 Å². The van der Waals surface area contributed by atoms with Crippen LogP contribution >= 0.6 is 0 Å². The maximum atomic E-state index is 11.3. The Balaban J connectivity index is 3.03. The third-order valence-corrected chi connectivity index (χ3v) is 2.68. The zero-order valence-electron chi connectivity index (χ0n) is 10.5. The molecule has 0 aliphatic rings. The number of hydrogen-bond acceptors (Lipinski definition) is 4. The summed E-state index contributed by atoms with van der Waals surface area (Å²) in [6.07, 6.45) is 0. The number of nitrogens with zero attached hydrogens (tertiary/aromatic N) is 1. The van der Waals surface area contributed by atoms with Gasteiger partial charge in [-0.05, 0) is 25.0 Å². The third-order valence-electron chi connectivity index (χ3n) is 2.68. The number of amides is 1. The minimum Gasteiger partial charge on any atom is -0.365 e. The summed E-state index contributed by atoms with van der Waals surface area (Å²) in [4.78, 5) is 15.6. The van der Waals surface area contributed by atoms with Crippen LogP contribution in [0.2, 0.25) is 0 Å². The molecule has 0 bridgehead atoms. The minimum atomic E-state index is -0.487. The van der Waals surface area contributed by atoms with Gasteiger partial charge in [0.1, 0.15) is 5.82 Å². The van der Waals surface area contributed by atoms with Crippen LogP contribution in [0.15, 0.2) is 12.1 Å². The Labute approximate surface area is 102 Å². The maximum absolute atomic E-state index is 11.3. The van der Waals surface area contributed by atoms with Gasteiger partial charge in [0.05, 0.1) is 5.56 Å². The van der Waals surface area contributed by atoms with E-state index in [9.17, 15) is 4.79 Å². The highest BCUT2D eigenvalue weighted by atomic mass is 16.1. The van der Waals surface area contributed by atoms with Crippen molar-refractivity contribution in [3.05, 3.63) is 23.4 Å². The molecule has 0 radical (unpaired) electrons. The van der Waals surface area contributed by atoms with Gasteiger partial charge in [-0.3, -0.25) is 4.79 Å². The number of aromatic nitrogens is 1. The largest absolute Gasteiger partial charge is 0.365 e. The Hall–Kier alpha value is -1.62. The van der Waals surface area contributed by atoms with Crippen molar-refractivity contribution >= 4 is 11.7 Å². The fraction of sp³-hybridized carbons (Fsp3) is 0.500. The molecule has 94 valence electrons. The average molecular weight is 236 g/mol. The number of anilines is 1. The highest BCUT2D eigenvalue weighted by Gasteiger charge is 2.16. The number of aryl methyl sites for hydroxylation is 1. The Kier molecular flexibility index (Phi) is 4.45. The Bertz CT molecular complexity index is 403. The molecule has 5 N–H and O–H groups in total. The molecule has 1 aromatic rings. The van der Waals surface area contributed by atoms with E-state index in [2.05, 4.69) is 24.1 Å². The molecule has 1 heterocycles. The highest BCUT2D eigenvalue weighted by Crippen LogP contribution is 2.16. The van der Waals surface area contributed by atoms with E-state index in [1.54, 1.807) is 12.1 Å². The number of nitrogens with one attached hydrogen (secondary N) is 1. The normalized spacial score (nSPS) is 12.5. The smallest absolute Gasteiger partial charge is 0.252 e. The molecule has 17 heavy (non-hydrogen) atoms. The topological polar surface area (TPSA) is 94.0 Å². The van der Waals surface area contributed by atoms with Crippen LogP contribution in [0.4, 0.5) is 5.82 Å². The fourth-order valence-corrected chi connectivity index (χ4v) is 1.54. The van der Waals surface area contributed by atoms with Crippen molar-refractivity contribution in [1.29, 1.82) is 0 Å². The first-order valence-corrected chi connectivity index (χ1v) is 5.69. The van der Waals surface area contributed by atoms with Gasteiger partial charge in [-0.15, -0.1) is 0 Å². The quantitative estimate of drug-likeness (QED) is 0.707. The van der Waals surface area contributed by atoms with Crippen LogP contribution in [-0.2, 0) is 0 Å². The number of rotatable bonds is 5. The van der Waals surface area contributed by atoms with Gasteiger partial charge >= 0.3 is 0 Å². The van der Waals surface area contributed by atoms with E-state index >= 15 is 0 Å². The molecular weight excluding hydrogens is 216 g/mol. The molecular formula is C12H20N4O. The molecule has 0 fully saturated rings. The van der Waals surface area contributed by atoms with Crippen molar-refractivity contribution in [2.75, 3.05) is 11.9 Å². The standard InChI is InChI=1S/C12H20N4O/c1-7(2)10(6-13)16-12-9(11(14)17)5-4-8(3)15-12/h4-5,7,10H,6,13H2,1-3H3,(H2,14,17)(H,15,16). The number of carbonyl (C=O) groups is 1. The van der Waals surface area contributed by atoms with Crippen molar-refractivity contribution in [1.82, 2.24) is 4.98 Å². The second-order valence-electron chi connectivity index (χ2n) is 4.44. The first kappa shape index (κ1) is 13.4. The van der Waals surface area contributed by atoms with E-state index in [0.29, 0.717) is 23.8 Å². The van der Waals surface area contributed by atoms with Crippen molar-refractivity contribution in [2.45, 2.75) is 26.8 Å². The second kappa shape index (κ2) is 5.63. The van der Waals surface area contributed by atoms with Gasteiger partial charge in [-0.25, -0.2) is 4.98 Å². The fourth-order valence-electron chi connectivity index (χ4n) is 1.54. The van der Waals surface area contributed by atoms with E-state index in [-0.39, 0.29) is 6.04 Å². The van der Waals surface area contributed by atoms with E-state index in [1.165, 1.54) is 0 Å². The lowest BCUT2D eigenvalue weighted by atomic mass is 10.0. The number of primary amides is 1. The van der Waals surface area contributed by atoms with Crippen molar-refractivity contribution in [2.24, 2.45) is 17.4 Å². The van der Waals surface area contributed by atoms with Gasteiger partial charge in [0, 0.05) is 18.3 Å². The van der Waals surface area contributed by atoms with Crippen LogP contribution in [0.25, 0.3) is 0 Å². The molecule has 0 spiro atoms. The molecule has 0 saturated carbocycles. The summed E-state index contributed by atoms with van der Waals surface area (Å²) in [6, 6.07) is 3.52. The van der Waals surface area contributed by atoms with Gasteiger partial charge < -0.3 is 16.8 Å². The van der Waals surface area contributed by atoms with Crippen LogP contribution < -0.4 is 16.8 Å². The van der Waals surface area contributed by atoms with Crippen molar-refractivity contribution < 1.29 is 4.79 Å². The molecule has 5 nitrogen and oxygen atoms in total.